The molecule has 0 aliphatic carbocycles. The van der Waals surface area contributed by atoms with Crippen molar-refractivity contribution in [3.8, 4) is 45.3 Å². The molecule has 6 nitrogen and oxygen atoms in total. The average molecular weight is 617 g/mol. The molecule has 0 saturated carbocycles. The highest BCUT2D eigenvalue weighted by Gasteiger charge is 2.20. The van der Waals surface area contributed by atoms with Gasteiger partial charge in [-0.15, -0.1) is 0 Å². The van der Waals surface area contributed by atoms with Crippen LogP contribution in [0.2, 0.25) is 0 Å². The number of nitrogens with zero attached hydrogens (tertiary/aromatic N) is 4. The van der Waals surface area contributed by atoms with E-state index < -0.39 is 0 Å². The van der Waals surface area contributed by atoms with Crippen molar-refractivity contribution in [1.29, 1.82) is 0 Å². The van der Waals surface area contributed by atoms with Gasteiger partial charge in [0.2, 0.25) is 5.71 Å². The molecule has 0 radical (unpaired) electrons. The van der Waals surface area contributed by atoms with E-state index in [1.54, 1.807) is 0 Å². The standard InChI is InChI=1S/C42H24N4O2/c1-2-11-25(12-3-1)39-44-40(46-41(45-39)32-17-10-20-36-37(32)30-15-6-8-18-34(30)47-36)27-23-26-13-4-5-14-28(26)33(24-27)29-21-22-43-42-38(29)31-16-7-9-19-35(31)48-42/h1-24H. The number of pyridine rings is 1. The lowest BCUT2D eigenvalue weighted by atomic mass is 9.93. The Bertz CT molecular complexity index is 2850. The molecule has 6 aromatic carbocycles. The van der Waals surface area contributed by atoms with Crippen LogP contribution in [-0.4, -0.2) is 19.9 Å². The van der Waals surface area contributed by atoms with Crippen molar-refractivity contribution in [3.05, 3.63) is 146 Å². The number of hydrogen-bond acceptors (Lipinski definition) is 6. The molecule has 0 fully saturated rings. The molecule has 0 amide bonds. The number of rotatable bonds is 4. The van der Waals surface area contributed by atoms with Crippen molar-refractivity contribution in [3.63, 3.8) is 0 Å². The van der Waals surface area contributed by atoms with Crippen LogP contribution in [0.25, 0.3) is 100 Å². The molecule has 6 heteroatoms. The van der Waals surface area contributed by atoms with Crippen LogP contribution < -0.4 is 0 Å². The molecule has 48 heavy (non-hydrogen) atoms. The molecule has 224 valence electrons. The van der Waals surface area contributed by atoms with Gasteiger partial charge in [0.25, 0.3) is 0 Å². The van der Waals surface area contributed by atoms with Gasteiger partial charge >= 0.3 is 0 Å². The van der Waals surface area contributed by atoms with Crippen LogP contribution in [-0.2, 0) is 0 Å². The summed E-state index contributed by atoms with van der Waals surface area (Å²) in [5, 5.41) is 6.21. The molecule has 10 aromatic rings. The minimum Gasteiger partial charge on any atom is -0.456 e. The maximum absolute atomic E-state index is 6.23. The fraction of sp³-hybridized carbons (Fsp3) is 0. The van der Waals surface area contributed by atoms with Crippen molar-refractivity contribution in [1.82, 2.24) is 19.9 Å². The first-order valence-electron chi connectivity index (χ1n) is 15.8. The van der Waals surface area contributed by atoms with Crippen LogP contribution in [0.5, 0.6) is 0 Å². The van der Waals surface area contributed by atoms with E-state index in [1.807, 2.05) is 85.1 Å². The number of furan rings is 2. The lowest BCUT2D eigenvalue weighted by Crippen LogP contribution is -2.01. The fourth-order valence-electron chi connectivity index (χ4n) is 6.84. The average Bonchev–Trinajstić information content (AvgIpc) is 3.73. The van der Waals surface area contributed by atoms with Crippen LogP contribution in [0.3, 0.4) is 0 Å². The molecule has 0 aliphatic heterocycles. The van der Waals surface area contributed by atoms with Gasteiger partial charge in [-0.3, -0.25) is 0 Å². The first-order valence-corrected chi connectivity index (χ1v) is 15.8. The Hall–Kier alpha value is -6.66. The third-order valence-electron chi connectivity index (χ3n) is 9.00. The number of fused-ring (bicyclic) bond motifs is 7. The van der Waals surface area contributed by atoms with E-state index in [9.17, 15) is 0 Å². The Labute approximate surface area is 274 Å². The predicted molar refractivity (Wildman–Crippen MR) is 191 cm³/mol. The van der Waals surface area contributed by atoms with Crippen molar-refractivity contribution in [2.24, 2.45) is 0 Å². The highest BCUT2D eigenvalue weighted by atomic mass is 16.3. The van der Waals surface area contributed by atoms with Crippen LogP contribution >= 0.6 is 0 Å². The topological polar surface area (TPSA) is 77.8 Å². The lowest BCUT2D eigenvalue weighted by molar-refractivity contribution is 0.654. The second kappa shape index (κ2) is 10.4. The van der Waals surface area contributed by atoms with Gasteiger partial charge in [0.05, 0.1) is 5.39 Å². The third-order valence-corrected chi connectivity index (χ3v) is 9.00. The summed E-state index contributed by atoms with van der Waals surface area (Å²) in [7, 11) is 0. The minimum absolute atomic E-state index is 0.581. The summed E-state index contributed by atoms with van der Waals surface area (Å²) in [6, 6.07) is 47.1. The molecule has 0 spiro atoms. The van der Waals surface area contributed by atoms with E-state index in [0.717, 1.165) is 76.9 Å². The predicted octanol–water partition coefficient (Wildman–Crippen LogP) is 10.9. The molecule has 4 heterocycles. The third kappa shape index (κ3) is 4.13. The quantitative estimate of drug-likeness (QED) is 0.196. The van der Waals surface area contributed by atoms with E-state index in [-0.39, 0.29) is 0 Å². The fourth-order valence-corrected chi connectivity index (χ4v) is 6.84. The highest BCUT2D eigenvalue weighted by Crippen LogP contribution is 2.41. The number of benzene rings is 6. The second-order valence-corrected chi connectivity index (χ2v) is 11.8. The van der Waals surface area contributed by atoms with Crippen molar-refractivity contribution >= 4 is 54.8 Å². The zero-order valence-corrected chi connectivity index (χ0v) is 25.5. The van der Waals surface area contributed by atoms with Crippen LogP contribution in [0.15, 0.2) is 155 Å². The molecule has 10 rings (SSSR count). The summed E-state index contributed by atoms with van der Waals surface area (Å²) in [5.74, 6) is 1.76. The summed E-state index contributed by atoms with van der Waals surface area (Å²) in [6.45, 7) is 0. The molecule has 0 N–H and O–H groups in total. The van der Waals surface area contributed by atoms with Crippen molar-refractivity contribution in [2.45, 2.75) is 0 Å². The zero-order valence-electron chi connectivity index (χ0n) is 25.5. The van der Waals surface area contributed by atoms with Gasteiger partial charge in [-0.25, -0.2) is 19.9 Å². The van der Waals surface area contributed by atoms with Crippen molar-refractivity contribution < 1.29 is 8.83 Å². The Morgan fingerprint density at radius 1 is 0.396 bits per heavy atom. The van der Waals surface area contributed by atoms with E-state index in [0.29, 0.717) is 23.2 Å². The van der Waals surface area contributed by atoms with Gasteiger partial charge in [-0.2, -0.15) is 0 Å². The van der Waals surface area contributed by atoms with Gasteiger partial charge in [0.15, 0.2) is 17.5 Å². The molecule has 0 bridgehead atoms. The number of aromatic nitrogens is 4. The summed E-state index contributed by atoms with van der Waals surface area (Å²) < 4.78 is 12.4. The molecular weight excluding hydrogens is 592 g/mol. The minimum atomic E-state index is 0.581. The first kappa shape index (κ1) is 26.5. The van der Waals surface area contributed by atoms with Gasteiger partial charge in [-0.1, -0.05) is 103 Å². The summed E-state index contributed by atoms with van der Waals surface area (Å²) in [4.78, 5) is 19.9. The number of hydrogen-bond donors (Lipinski definition) is 0. The Kier molecular flexibility index (Phi) is 5.77. The summed E-state index contributed by atoms with van der Waals surface area (Å²) in [5.41, 5.74) is 7.80. The summed E-state index contributed by atoms with van der Waals surface area (Å²) in [6.07, 6.45) is 1.81. The van der Waals surface area contributed by atoms with Gasteiger partial charge in [-0.05, 0) is 58.3 Å². The van der Waals surface area contributed by atoms with E-state index in [2.05, 4.69) is 65.6 Å². The number of para-hydroxylation sites is 2. The van der Waals surface area contributed by atoms with E-state index in [4.69, 9.17) is 23.8 Å². The molecule has 4 aromatic heterocycles. The zero-order chi connectivity index (χ0) is 31.6. The summed E-state index contributed by atoms with van der Waals surface area (Å²) >= 11 is 0. The van der Waals surface area contributed by atoms with E-state index in [1.165, 1.54) is 0 Å². The first-order chi connectivity index (χ1) is 23.8. The Morgan fingerprint density at radius 3 is 1.88 bits per heavy atom. The van der Waals surface area contributed by atoms with Crippen LogP contribution in [0.1, 0.15) is 0 Å². The smallest absolute Gasteiger partial charge is 0.227 e. The maximum atomic E-state index is 6.23. The molecule has 0 unspecified atom stereocenters. The van der Waals surface area contributed by atoms with Gasteiger partial charge < -0.3 is 8.83 Å². The molecule has 0 aliphatic rings. The lowest BCUT2D eigenvalue weighted by Gasteiger charge is -2.13. The molecular formula is C42H24N4O2. The van der Waals surface area contributed by atoms with Gasteiger partial charge in [0.1, 0.15) is 16.7 Å². The molecule has 0 saturated heterocycles. The van der Waals surface area contributed by atoms with Gasteiger partial charge in [0, 0.05) is 39.0 Å². The molecule has 0 atom stereocenters. The monoisotopic (exact) mass is 616 g/mol. The SMILES string of the molecule is c1ccc(-c2nc(-c3cc(-c4ccnc5oc6ccccc6c45)c4ccccc4c3)nc(-c3cccc4oc5ccccc5c34)n2)cc1. The second-order valence-electron chi connectivity index (χ2n) is 11.8. The highest BCUT2D eigenvalue weighted by molar-refractivity contribution is 6.15. The van der Waals surface area contributed by atoms with Crippen LogP contribution in [0, 0.1) is 0 Å². The van der Waals surface area contributed by atoms with Crippen molar-refractivity contribution in [2.75, 3.05) is 0 Å². The Balaban J connectivity index is 1.26. The largest absolute Gasteiger partial charge is 0.456 e. The van der Waals surface area contributed by atoms with E-state index >= 15 is 0 Å². The normalized spacial score (nSPS) is 11.8. The Morgan fingerprint density at radius 2 is 1.04 bits per heavy atom. The van der Waals surface area contributed by atoms with Crippen LogP contribution in [0.4, 0.5) is 0 Å². The maximum Gasteiger partial charge on any atom is 0.227 e.